The van der Waals surface area contributed by atoms with Gasteiger partial charge in [0.05, 0.1) is 29.7 Å². The number of fused-ring (bicyclic) bond motifs is 1. The van der Waals surface area contributed by atoms with E-state index in [2.05, 4.69) is 41.7 Å². The van der Waals surface area contributed by atoms with E-state index in [1.807, 2.05) is 84.9 Å². The van der Waals surface area contributed by atoms with Crippen molar-refractivity contribution in [2.45, 2.75) is 31.6 Å². The first-order chi connectivity index (χ1) is 21.6. The molecule has 2 heterocycles. The van der Waals surface area contributed by atoms with Crippen molar-refractivity contribution in [3.63, 3.8) is 0 Å². The van der Waals surface area contributed by atoms with Crippen molar-refractivity contribution in [1.29, 1.82) is 0 Å². The highest BCUT2D eigenvalue weighted by Crippen LogP contribution is 2.34. The number of hydrogen-bond acceptors (Lipinski definition) is 4. The molecule has 0 aliphatic carbocycles. The molecule has 6 heteroatoms. The number of rotatable bonds is 7. The standard InChI is InChI=1S/C38H31N3O3/c42-36(28-15-8-3-9-16-28)40-38-39-34-24-31(30-18-10-17-29(23-30)26-11-4-1-5-12-26)19-21-33(34)37(43)41(38)25-32-20-22-35(44-32)27-13-6-2-7-14-27/h1-19,21,23-24,32,35H,20,22,25H2,(H,39,40,42). The molecule has 216 valence electrons. The van der Waals surface area contributed by atoms with Crippen LogP contribution in [0.2, 0.25) is 0 Å². The van der Waals surface area contributed by atoms with Crippen molar-refractivity contribution in [1.82, 2.24) is 9.55 Å². The molecule has 1 saturated heterocycles. The molecule has 1 fully saturated rings. The maximum Gasteiger partial charge on any atom is 0.262 e. The van der Waals surface area contributed by atoms with Crippen LogP contribution in [0, 0.1) is 0 Å². The van der Waals surface area contributed by atoms with Gasteiger partial charge >= 0.3 is 0 Å². The Kier molecular flexibility index (Phi) is 7.57. The number of benzene rings is 5. The topological polar surface area (TPSA) is 73.2 Å². The summed E-state index contributed by atoms with van der Waals surface area (Å²) >= 11 is 0. The van der Waals surface area contributed by atoms with Crippen molar-refractivity contribution in [3.05, 3.63) is 155 Å². The first-order valence-electron chi connectivity index (χ1n) is 14.9. The number of nitrogens with zero attached hydrogens (tertiary/aromatic N) is 2. The van der Waals surface area contributed by atoms with Crippen LogP contribution in [0.3, 0.4) is 0 Å². The zero-order chi connectivity index (χ0) is 29.9. The summed E-state index contributed by atoms with van der Waals surface area (Å²) in [5.41, 5.74) is 6.10. The second-order valence-electron chi connectivity index (χ2n) is 11.1. The van der Waals surface area contributed by atoms with Crippen molar-refractivity contribution < 1.29 is 9.53 Å². The molecule has 5 aromatic carbocycles. The number of hydrogen-bond donors (Lipinski definition) is 1. The van der Waals surface area contributed by atoms with Gasteiger partial charge in [-0.1, -0.05) is 103 Å². The molecule has 2 atom stereocenters. The Morgan fingerprint density at radius 2 is 1.36 bits per heavy atom. The van der Waals surface area contributed by atoms with E-state index in [9.17, 15) is 9.59 Å². The Labute approximate surface area is 255 Å². The number of ether oxygens (including phenoxy) is 1. The van der Waals surface area contributed by atoms with E-state index < -0.39 is 0 Å². The summed E-state index contributed by atoms with van der Waals surface area (Å²) in [5, 5.41) is 3.41. The summed E-state index contributed by atoms with van der Waals surface area (Å²) in [7, 11) is 0. The Morgan fingerprint density at radius 3 is 2.11 bits per heavy atom. The number of carbonyl (C=O) groups is 1. The van der Waals surface area contributed by atoms with Gasteiger partial charge in [-0.15, -0.1) is 0 Å². The van der Waals surface area contributed by atoms with E-state index in [0.29, 0.717) is 16.5 Å². The predicted octanol–water partition coefficient (Wildman–Crippen LogP) is 7.90. The van der Waals surface area contributed by atoms with E-state index in [1.54, 1.807) is 16.7 Å². The third kappa shape index (κ3) is 5.68. The van der Waals surface area contributed by atoms with Crippen LogP contribution >= 0.6 is 0 Å². The molecule has 6 nitrogen and oxygen atoms in total. The molecule has 1 aromatic heterocycles. The van der Waals surface area contributed by atoms with Gasteiger partial charge in [0.2, 0.25) is 5.95 Å². The molecule has 0 saturated carbocycles. The molecule has 2 unspecified atom stereocenters. The van der Waals surface area contributed by atoms with Gasteiger partial charge in [0.1, 0.15) is 0 Å². The lowest BCUT2D eigenvalue weighted by Crippen LogP contribution is -2.31. The summed E-state index contributed by atoms with van der Waals surface area (Å²) in [5.74, 6) is -0.120. The summed E-state index contributed by atoms with van der Waals surface area (Å²) in [6.45, 7) is 0.288. The van der Waals surface area contributed by atoms with E-state index >= 15 is 0 Å². The van der Waals surface area contributed by atoms with E-state index in [1.165, 1.54) is 0 Å². The molecule has 0 radical (unpaired) electrons. The highest BCUT2D eigenvalue weighted by atomic mass is 16.5. The van der Waals surface area contributed by atoms with Crippen LogP contribution in [0.15, 0.2) is 138 Å². The molecule has 1 aliphatic rings. The van der Waals surface area contributed by atoms with Gasteiger partial charge in [0, 0.05) is 5.56 Å². The van der Waals surface area contributed by atoms with Crippen molar-refractivity contribution in [2.75, 3.05) is 5.32 Å². The number of carbonyl (C=O) groups excluding carboxylic acids is 1. The summed E-state index contributed by atoms with van der Waals surface area (Å²) in [4.78, 5) is 32.1. The van der Waals surface area contributed by atoms with Crippen LogP contribution in [-0.4, -0.2) is 21.6 Å². The van der Waals surface area contributed by atoms with Gasteiger partial charge in [-0.3, -0.25) is 19.5 Å². The molecule has 0 spiro atoms. The van der Waals surface area contributed by atoms with Crippen LogP contribution in [0.4, 0.5) is 5.95 Å². The third-order valence-electron chi connectivity index (χ3n) is 8.18. The number of aromatic nitrogens is 2. The Bertz CT molecular complexity index is 1990. The zero-order valence-electron chi connectivity index (χ0n) is 24.1. The number of amides is 1. The maximum absolute atomic E-state index is 14.0. The fourth-order valence-corrected chi connectivity index (χ4v) is 5.89. The lowest BCUT2D eigenvalue weighted by molar-refractivity contribution is 0.0347. The number of anilines is 1. The molecule has 1 amide bonds. The summed E-state index contributed by atoms with van der Waals surface area (Å²) < 4.78 is 7.94. The second-order valence-corrected chi connectivity index (χ2v) is 11.1. The first kappa shape index (κ1) is 27.5. The fourth-order valence-electron chi connectivity index (χ4n) is 5.89. The summed E-state index contributed by atoms with van der Waals surface area (Å²) in [6, 6.07) is 43.3. The van der Waals surface area contributed by atoms with E-state index in [-0.39, 0.29) is 36.2 Å². The van der Waals surface area contributed by atoms with Gasteiger partial charge in [0.15, 0.2) is 0 Å². The normalized spacial score (nSPS) is 16.2. The average Bonchev–Trinajstić information content (AvgIpc) is 3.56. The molecule has 1 aliphatic heterocycles. The first-order valence-corrected chi connectivity index (χ1v) is 14.9. The van der Waals surface area contributed by atoms with Crippen LogP contribution in [0.5, 0.6) is 0 Å². The maximum atomic E-state index is 14.0. The van der Waals surface area contributed by atoms with Crippen LogP contribution in [-0.2, 0) is 11.3 Å². The fraction of sp³-hybridized carbons (Fsp3) is 0.132. The van der Waals surface area contributed by atoms with Crippen LogP contribution in [0.1, 0.15) is 34.9 Å². The molecule has 7 rings (SSSR count). The number of nitrogens with one attached hydrogen (secondary N) is 1. The highest BCUT2D eigenvalue weighted by Gasteiger charge is 2.28. The molecular formula is C38H31N3O3. The lowest BCUT2D eigenvalue weighted by atomic mass is 9.98. The van der Waals surface area contributed by atoms with Gasteiger partial charge in [0.25, 0.3) is 11.5 Å². The predicted molar refractivity (Wildman–Crippen MR) is 175 cm³/mol. The third-order valence-corrected chi connectivity index (χ3v) is 8.18. The minimum Gasteiger partial charge on any atom is -0.368 e. The summed E-state index contributed by atoms with van der Waals surface area (Å²) in [6.07, 6.45) is 1.44. The SMILES string of the molecule is O=C(Nc1nc2cc(-c3cccc(-c4ccccc4)c3)ccc2c(=O)n1CC1CCC(c2ccccc2)O1)c1ccccc1. The van der Waals surface area contributed by atoms with Crippen LogP contribution < -0.4 is 10.9 Å². The van der Waals surface area contributed by atoms with Gasteiger partial charge in [-0.2, -0.15) is 0 Å². The second kappa shape index (κ2) is 12.1. The van der Waals surface area contributed by atoms with Gasteiger partial charge in [-0.05, 0) is 71.0 Å². The molecule has 6 aromatic rings. The lowest BCUT2D eigenvalue weighted by Gasteiger charge is -2.19. The highest BCUT2D eigenvalue weighted by molar-refractivity contribution is 6.03. The Hall–Kier alpha value is -5.33. The van der Waals surface area contributed by atoms with Gasteiger partial charge < -0.3 is 4.74 Å². The van der Waals surface area contributed by atoms with E-state index in [0.717, 1.165) is 40.7 Å². The minimum atomic E-state index is -0.327. The molecule has 0 bridgehead atoms. The Balaban J connectivity index is 1.25. The average molecular weight is 578 g/mol. The van der Waals surface area contributed by atoms with Crippen molar-refractivity contribution in [3.8, 4) is 22.3 Å². The van der Waals surface area contributed by atoms with Gasteiger partial charge in [-0.25, -0.2) is 4.98 Å². The largest absolute Gasteiger partial charge is 0.368 e. The van der Waals surface area contributed by atoms with Crippen LogP contribution in [0.25, 0.3) is 33.2 Å². The Morgan fingerprint density at radius 1 is 0.727 bits per heavy atom. The minimum absolute atomic E-state index is 0.0260. The monoisotopic (exact) mass is 577 g/mol. The quantitative estimate of drug-likeness (QED) is 0.209. The van der Waals surface area contributed by atoms with Crippen molar-refractivity contribution >= 4 is 22.8 Å². The van der Waals surface area contributed by atoms with E-state index in [4.69, 9.17) is 9.72 Å². The zero-order valence-corrected chi connectivity index (χ0v) is 24.1. The molecular weight excluding hydrogens is 546 g/mol. The van der Waals surface area contributed by atoms with Crippen molar-refractivity contribution in [2.24, 2.45) is 0 Å². The molecule has 1 N–H and O–H groups in total. The smallest absolute Gasteiger partial charge is 0.262 e. The molecule has 44 heavy (non-hydrogen) atoms.